The molecule has 1 N–H and O–H groups in total. The van der Waals surface area contributed by atoms with Crippen molar-refractivity contribution in [2.75, 3.05) is 19.6 Å². The third-order valence-corrected chi connectivity index (χ3v) is 4.17. The molecule has 1 aliphatic rings. The molecule has 1 fully saturated rings. The van der Waals surface area contributed by atoms with Crippen LogP contribution in [0.2, 0.25) is 0 Å². The monoisotopic (exact) mass is 240 g/mol. The molecule has 1 rings (SSSR count). The largest absolute Gasteiger partial charge is 0.314 e. The Balaban J connectivity index is 2.21. The van der Waals surface area contributed by atoms with Crippen molar-refractivity contribution in [2.45, 2.75) is 71.9 Å². The van der Waals surface area contributed by atoms with E-state index >= 15 is 0 Å². The summed E-state index contributed by atoms with van der Waals surface area (Å²) in [6.07, 6.45) is 6.79. The first kappa shape index (κ1) is 15.0. The van der Waals surface area contributed by atoms with E-state index in [-0.39, 0.29) is 0 Å². The van der Waals surface area contributed by atoms with Crippen molar-refractivity contribution in [3.05, 3.63) is 0 Å². The minimum atomic E-state index is 0.736. The summed E-state index contributed by atoms with van der Waals surface area (Å²) >= 11 is 0. The molecule has 2 heteroatoms. The number of hydrogen-bond donors (Lipinski definition) is 1. The molecule has 0 aromatic carbocycles. The van der Waals surface area contributed by atoms with Crippen LogP contribution in [0.1, 0.15) is 59.8 Å². The van der Waals surface area contributed by atoms with Gasteiger partial charge in [-0.1, -0.05) is 27.7 Å². The SMILES string of the molecule is CCNC(CC)CCCN1CCCC1C(C)C. The lowest BCUT2D eigenvalue weighted by molar-refractivity contribution is 0.200. The highest BCUT2D eigenvalue weighted by Crippen LogP contribution is 2.24. The Hall–Kier alpha value is -0.0800. The van der Waals surface area contributed by atoms with Gasteiger partial charge in [0.1, 0.15) is 0 Å². The maximum absolute atomic E-state index is 3.57. The first-order valence-electron chi connectivity index (χ1n) is 7.66. The number of rotatable bonds is 8. The third-order valence-electron chi connectivity index (χ3n) is 4.17. The molecule has 102 valence electrons. The average Bonchev–Trinajstić information content (AvgIpc) is 2.76. The quantitative estimate of drug-likeness (QED) is 0.700. The van der Waals surface area contributed by atoms with Gasteiger partial charge >= 0.3 is 0 Å². The van der Waals surface area contributed by atoms with Crippen LogP contribution in [0.25, 0.3) is 0 Å². The minimum absolute atomic E-state index is 0.736. The molecule has 0 saturated carbocycles. The molecule has 0 aliphatic carbocycles. The third kappa shape index (κ3) is 4.97. The fourth-order valence-corrected chi connectivity index (χ4v) is 3.16. The lowest BCUT2D eigenvalue weighted by Gasteiger charge is -2.28. The number of nitrogens with zero attached hydrogens (tertiary/aromatic N) is 1. The van der Waals surface area contributed by atoms with Gasteiger partial charge in [0.2, 0.25) is 0 Å². The second-order valence-corrected chi connectivity index (χ2v) is 5.79. The van der Waals surface area contributed by atoms with E-state index in [4.69, 9.17) is 0 Å². The fraction of sp³-hybridized carbons (Fsp3) is 1.00. The molecule has 0 radical (unpaired) electrons. The van der Waals surface area contributed by atoms with Crippen molar-refractivity contribution in [1.29, 1.82) is 0 Å². The molecule has 1 heterocycles. The predicted molar refractivity (Wildman–Crippen MR) is 76.4 cm³/mol. The number of nitrogens with one attached hydrogen (secondary N) is 1. The fourth-order valence-electron chi connectivity index (χ4n) is 3.16. The van der Waals surface area contributed by atoms with E-state index in [9.17, 15) is 0 Å². The van der Waals surface area contributed by atoms with E-state index in [0.29, 0.717) is 0 Å². The Labute approximate surface area is 108 Å². The van der Waals surface area contributed by atoms with Crippen molar-refractivity contribution in [1.82, 2.24) is 10.2 Å². The number of likely N-dealkylation sites (tertiary alicyclic amines) is 1. The predicted octanol–water partition coefficient (Wildman–Crippen LogP) is 3.28. The van der Waals surface area contributed by atoms with Crippen LogP contribution in [0.5, 0.6) is 0 Å². The highest BCUT2D eigenvalue weighted by atomic mass is 15.2. The summed E-state index contributed by atoms with van der Waals surface area (Å²) in [5.74, 6) is 0.827. The molecular weight excluding hydrogens is 208 g/mol. The van der Waals surface area contributed by atoms with E-state index in [1.165, 1.54) is 45.2 Å². The zero-order chi connectivity index (χ0) is 12.7. The van der Waals surface area contributed by atoms with Crippen LogP contribution in [0, 0.1) is 5.92 Å². The minimum Gasteiger partial charge on any atom is -0.314 e. The van der Waals surface area contributed by atoms with Gasteiger partial charge in [-0.3, -0.25) is 0 Å². The maximum atomic E-state index is 3.57. The summed E-state index contributed by atoms with van der Waals surface area (Å²) in [4.78, 5) is 2.73. The molecule has 1 aliphatic heterocycles. The van der Waals surface area contributed by atoms with E-state index in [1.807, 2.05) is 0 Å². The second kappa shape index (κ2) is 8.10. The lowest BCUT2D eigenvalue weighted by atomic mass is 10.0. The molecule has 0 aromatic rings. The van der Waals surface area contributed by atoms with Gasteiger partial charge in [0, 0.05) is 12.1 Å². The van der Waals surface area contributed by atoms with Crippen LogP contribution in [0.4, 0.5) is 0 Å². The van der Waals surface area contributed by atoms with Gasteiger partial charge in [0.05, 0.1) is 0 Å². The normalized spacial score (nSPS) is 23.5. The smallest absolute Gasteiger partial charge is 0.0119 e. The van der Waals surface area contributed by atoms with Crippen molar-refractivity contribution in [3.8, 4) is 0 Å². The van der Waals surface area contributed by atoms with Crippen LogP contribution in [-0.2, 0) is 0 Å². The van der Waals surface area contributed by atoms with Crippen LogP contribution >= 0.6 is 0 Å². The van der Waals surface area contributed by atoms with Crippen molar-refractivity contribution in [3.63, 3.8) is 0 Å². The Morgan fingerprint density at radius 1 is 1.29 bits per heavy atom. The highest BCUT2D eigenvalue weighted by Gasteiger charge is 2.26. The van der Waals surface area contributed by atoms with E-state index < -0.39 is 0 Å². The maximum Gasteiger partial charge on any atom is 0.0119 e. The van der Waals surface area contributed by atoms with E-state index in [2.05, 4.69) is 37.9 Å². The zero-order valence-corrected chi connectivity index (χ0v) is 12.3. The van der Waals surface area contributed by atoms with Crippen LogP contribution in [0.3, 0.4) is 0 Å². The molecule has 2 atom stereocenters. The molecule has 17 heavy (non-hydrogen) atoms. The Morgan fingerprint density at radius 2 is 2.06 bits per heavy atom. The van der Waals surface area contributed by atoms with Gasteiger partial charge in [-0.25, -0.2) is 0 Å². The highest BCUT2D eigenvalue weighted by molar-refractivity contribution is 4.81. The van der Waals surface area contributed by atoms with Crippen LogP contribution in [0.15, 0.2) is 0 Å². The molecule has 0 amide bonds. The van der Waals surface area contributed by atoms with Crippen molar-refractivity contribution >= 4 is 0 Å². The zero-order valence-electron chi connectivity index (χ0n) is 12.3. The Morgan fingerprint density at radius 3 is 2.65 bits per heavy atom. The second-order valence-electron chi connectivity index (χ2n) is 5.79. The summed E-state index contributed by atoms with van der Waals surface area (Å²) in [6, 6.07) is 1.59. The van der Waals surface area contributed by atoms with Gasteiger partial charge < -0.3 is 10.2 Å². The summed E-state index contributed by atoms with van der Waals surface area (Å²) in [7, 11) is 0. The summed E-state index contributed by atoms with van der Waals surface area (Å²) in [5.41, 5.74) is 0. The van der Waals surface area contributed by atoms with Gasteiger partial charge in [-0.15, -0.1) is 0 Å². The summed E-state index contributed by atoms with van der Waals surface area (Å²) in [5, 5.41) is 3.57. The molecular formula is C15H32N2. The van der Waals surface area contributed by atoms with Gasteiger partial charge in [-0.05, 0) is 57.7 Å². The van der Waals surface area contributed by atoms with Gasteiger partial charge in [0.15, 0.2) is 0 Å². The van der Waals surface area contributed by atoms with E-state index in [1.54, 1.807) is 0 Å². The molecule has 1 saturated heterocycles. The Kier molecular flexibility index (Phi) is 7.14. The molecule has 0 spiro atoms. The average molecular weight is 240 g/mol. The lowest BCUT2D eigenvalue weighted by Crippen LogP contribution is -2.35. The Bertz CT molecular complexity index is 191. The first-order valence-corrected chi connectivity index (χ1v) is 7.66. The van der Waals surface area contributed by atoms with Crippen molar-refractivity contribution < 1.29 is 0 Å². The molecule has 2 nitrogen and oxygen atoms in total. The summed E-state index contributed by atoms with van der Waals surface area (Å²) < 4.78 is 0. The first-order chi connectivity index (χ1) is 8.19. The van der Waals surface area contributed by atoms with Crippen LogP contribution in [-0.4, -0.2) is 36.6 Å². The van der Waals surface area contributed by atoms with Crippen LogP contribution < -0.4 is 5.32 Å². The topological polar surface area (TPSA) is 15.3 Å². The summed E-state index contributed by atoms with van der Waals surface area (Å²) in [6.45, 7) is 13.0. The van der Waals surface area contributed by atoms with Crippen molar-refractivity contribution in [2.24, 2.45) is 5.92 Å². The van der Waals surface area contributed by atoms with Gasteiger partial charge in [-0.2, -0.15) is 0 Å². The molecule has 0 bridgehead atoms. The number of hydrogen-bond acceptors (Lipinski definition) is 2. The van der Waals surface area contributed by atoms with Gasteiger partial charge in [0.25, 0.3) is 0 Å². The van der Waals surface area contributed by atoms with E-state index in [0.717, 1.165) is 24.5 Å². The standard InChI is InChI=1S/C15H32N2/c1-5-14(16-6-2)9-7-11-17-12-8-10-15(17)13(3)4/h13-16H,5-12H2,1-4H3. The molecule has 2 unspecified atom stereocenters. The molecule has 0 aromatic heterocycles.